The van der Waals surface area contributed by atoms with Gasteiger partial charge in [0.05, 0.1) is 10.7 Å². The van der Waals surface area contributed by atoms with Crippen LogP contribution in [0, 0.1) is 5.82 Å². The van der Waals surface area contributed by atoms with E-state index in [4.69, 9.17) is 11.6 Å². The van der Waals surface area contributed by atoms with Crippen LogP contribution in [0.3, 0.4) is 0 Å². The minimum atomic E-state index is -0.290. The van der Waals surface area contributed by atoms with Gasteiger partial charge in [0.25, 0.3) is 0 Å². The van der Waals surface area contributed by atoms with Crippen LogP contribution in [0.4, 0.5) is 10.1 Å². The first-order valence-corrected chi connectivity index (χ1v) is 6.62. The fourth-order valence-corrected chi connectivity index (χ4v) is 2.51. The lowest BCUT2D eigenvalue weighted by atomic mass is 10.2. The number of rotatable bonds is 3. The standard InChI is InChI=1S/C14H18ClFN2/c1-3-11(2)17-6-8-18(9-7-17)14-5-4-12(16)10-13(14)15/h4-5,10H,2-3,6-9H2,1H3. The third kappa shape index (κ3) is 2.78. The maximum Gasteiger partial charge on any atom is 0.124 e. The molecule has 2 nitrogen and oxygen atoms in total. The van der Waals surface area contributed by atoms with Crippen LogP contribution < -0.4 is 4.90 Å². The van der Waals surface area contributed by atoms with Crippen molar-refractivity contribution in [2.75, 3.05) is 31.1 Å². The summed E-state index contributed by atoms with van der Waals surface area (Å²) >= 11 is 6.08. The Kier molecular flexibility index (Phi) is 4.12. The number of benzene rings is 1. The van der Waals surface area contributed by atoms with Gasteiger partial charge in [-0.05, 0) is 24.6 Å². The Bertz CT molecular complexity index is 439. The summed E-state index contributed by atoms with van der Waals surface area (Å²) in [5.41, 5.74) is 2.10. The van der Waals surface area contributed by atoms with E-state index in [1.54, 1.807) is 6.07 Å². The molecular weight excluding hydrogens is 251 g/mol. The maximum absolute atomic E-state index is 13.0. The fourth-order valence-electron chi connectivity index (χ4n) is 2.22. The highest BCUT2D eigenvalue weighted by Crippen LogP contribution is 2.27. The second kappa shape index (κ2) is 5.61. The van der Waals surface area contributed by atoms with E-state index < -0.39 is 0 Å². The van der Waals surface area contributed by atoms with Crippen molar-refractivity contribution in [2.24, 2.45) is 0 Å². The van der Waals surface area contributed by atoms with Gasteiger partial charge in [0, 0.05) is 31.9 Å². The smallest absolute Gasteiger partial charge is 0.124 e. The summed E-state index contributed by atoms with van der Waals surface area (Å²) in [4.78, 5) is 4.50. The van der Waals surface area contributed by atoms with Crippen LogP contribution in [0.1, 0.15) is 13.3 Å². The van der Waals surface area contributed by atoms with Gasteiger partial charge in [-0.3, -0.25) is 0 Å². The number of hydrogen-bond acceptors (Lipinski definition) is 2. The molecule has 0 bridgehead atoms. The van der Waals surface area contributed by atoms with Crippen LogP contribution in [0.2, 0.25) is 5.02 Å². The summed E-state index contributed by atoms with van der Waals surface area (Å²) in [6, 6.07) is 4.58. The van der Waals surface area contributed by atoms with E-state index >= 15 is 0 Å². The van der Waals surface area contributed by atoms with Crippen molar-refractivity contribution in [3.05, 3.63) is 41.3 Å². The summed E-state index contributed by atoms with van der Waals surface area (Å²) in [7, 11) is 0. The van der Waals surface area contributed by atoms with Crippen LogP contribution >= 0.6 is 11.6 Å². The molecule has 98 valence electrons. The van der Waals surface area contributed by atoms with Crippen LogP contribution in [0.15, 0.2) is 30.5 Å². The molecule has 0 aromatic heterocycles. The molecule has 0 unspecified atom stereocenters. The second-order valence-corrected chi connectivity index (χ2v) is 4.90. The summed E-state index contributed by atoms with van der Waals surface area (Å²) in [5, 5.41) is 0.484. The van der Waals surface area contributed by atoms with Crippen molar-refractivity contribution in [2.45, 2.75) is 13.3 Å². The molecule has 1 saturated heterocycles. The molecule has 0 spiro atoms. The number of allylic oxidation sites excluding steroid dienone is 1. The van der Waals surface area contributed by atoms with Crippen LogP contribution in [-0.2, 0) is 0 Å². The monoisotopic (exact) mass is 268 g/mol. The normalized spacial score (nSPS) is 15.9. The van der Waals surface area contributed by atoms with Crippen molar-refractivity contribution >= 4 is 17.3 Å². The van der Waals surface area contributed by atoms with Crippen LogP contribution in [0.5, 0.6) is 0 Å². The summed E-state index contributed by atoms with van der Waals surface area (Å²) in [6.07, 6.45) is 0.983. The first kappa shape index (κ1) is 13.2. The lowest BCUT2D eigenvalue weighted by Crippen LogP contribution is -2.45. The SMILES string of the molecule is C=C(CC)N1CCN(c2ccc(F)cc2Cl)CC1. The molecule has 0 radical (unpaired) electrons. The maximum atomic E-state index is 13.0. The zero-order valence-electron chi connectivity index (χ0n) is 10.6. The molecule has 0 amide bonds. The zero-order chi connectivity index (χ0) is 13.1. The largest absolute Gasteiger partial charge is 0.372 e. The molecular formula is C14H18ClFN2. The lowest BCUT2D eigenvalue weighted by Gasteiger charge is -2.38. The molecule has 1 aromatic carbocycles. The van der Waals surface area contributed by atoms with Gasteiger partial charge in [-0.1, -0.05) is 25.1 Å². The van der Waals surface area contributed by atoms with Gasteiger partial charge < -0.3 is 9.80 Å². The lowest BCUT2D eigenvalue weighted by molar-refractivity contribution is 0.315. The molecule has 1 fully saturated rings. The van der Waals surface area contributed by atoms with Crippen molar-refractivity contribution < 1.29 is 4.39 Å². The minimum absolute atomic E-state index is 0.290. The summed E-state index contributed by atoms with van der Waals surface area (Å²) in [5.74, 6) is -0.290. The average molecular weight is 269 g/mol. The van der Waals surface area contributed by atoms with E-state index in [0.29, 0.717) is 5.02 Å². The molecule has 0 atom stereocenters. The number of halogens is 2. The fraction of sp³-hybridized carbons (Fsp3) is 0.429. The van der Waals surface area contributed by atoms with Crippen molar-refractivity contribution in [1.82, 2.24) is 4.90 Å². The van der Waals surface area contributed by atoms with Crippen LogP contribution in [-0.4, -0.2) is 31.1 Å². The van der Waals surface area contributed by atoms with E-state index in [1.165, 1.54) is 17.8 Å². The Morgan fingerprint density at radius 3 is 2.56 bits per heavy atom. The zero-order valence-corrected chi connectivity index (χ0v) is 11.4. The quantitative estimate of drug-likeness (QED) is 0.828. The predicted octanol–water partition coefficient (Wildman–Crippen LogP) is 3.52. The highest BCUT2D eigenvalue weighted by atomic mass is 35.5. The third-order valence-corrected chi connectivity index (χ3v) is 3.69. The Morgan fingerprint density at radius 2 is 2.00 bits per heavy atom. The van der Waals surface area contributed by atoms with Crippen molar-refractivity contribution in [1.29, 1.82) is 0 Å². The van der Waals surface area contributed by atoms with Gasteiger partial charge in [-0.25, -0.2) is 4.39 Å². The van der Waals surface area contributed by atoms with E-state index in [1.807, 2.05) is 0 Å². The van der Waals surface area contributed by atoms with Gasteiger partial charge in [0.2, 0.25) is 0 Å². The van der Waals surface area contributed by atoms with Gasteiger partial charge in [0.15, 0.2) is 0 Å². The van der Waals surface area contributed by atoms with E-state index in [9.17, 15) is 4.39 Å². The number of piperazine rings is 1. The van der Waals surface area contributed by atoms with E-state index in [0.717, 1.165) is 38.3 Å². The molecule has 4 heteroatoms. The van der Waals surface area contributed by atoms with Crippen molar-refractivity contribution in [3.63, 3.8) is 0 Å². The highest BCUT2D eigenvalue weighted by molar-refractivity contribution is 6.33. The first-order chi connectivity index (χ1) is 8.61. The number of nitrogens with zero attached hydrogens (tertiary/aromatic N) is 2. The first-order valence-electron chi connectivity index (χ1n) is 6.24. The molecule has 1 aliphatic heterocycles. The molecule has 0 aliphatic carbocycles. The van der Waals surface area contributed by atoms with E-state index in [-0.39, 0.29) is 5.82 Å². The predicted molar refractivity (Wildman–Crippen MR) is 74.6 cm³/mol. The molecule has 1 aromatic rings. The molecule has 1 aliphatic rings. The number of anilines is 1. The number of hydrogen-bond donors (Lipinski definition) is 0. The highest BCUT2D eigenvalue weighted by Gasteiger charge is 2.19. The van der Waals surface area contributed by atoms with E-state index in [2.05, 4.69) is 23.3 Å². The minimum Gasteiger partial charge on any atom is -0.372 e. The average Bonchev–Trinajstić information content (AvgIpc) is 2.38. The molecule has 18 heavy (non-hydrogen) atoms. The molecule has 0 N–H and O–H groups in total. The second-order valence-electron chi connectivity index (χ2n) is 4.49. The molecule has 2 rings (SSSR count). The summed E-state index contributed by atoms with van der Waals surface area (Å²) < 4.78 is 13.0. The topological polar surface area (TPSA) is 6.48 Å². The molecule has 0 saturated carbocycles. The molecule has 1 heterocycles. The van der Waals surface area contributed by atoms with Gasteiger partial charge in [0.1, 0.15) is 5.82 Å². The Hall–Kier alpha value is -1.22. The third-order valence-electron chi connectivity index (χ3n) is 3.39. The van der Waals surface area contributed by atoms with Crippen LogP contribution in [0.25, 0.3) is 0 Å². The van der Waals surface area contributed by atoms with Gasteiger partial charge >= 0.3 is 0 Å². The Labute approximate surface area is 113 Å². The Morgan fingerprint density at radius 1 is 1.33 bits per heavy atom. The summed E-state index contributed by atoms with van der Waals surface area (Å²) in [6.45, 7) is 9.85. The Balaban J connectivity index is 2.03. The van der Waals surface area contributed by atoms with Gasteiger partial charge in [-0.2, -0.15) is 0 Å². The van der Waals surface area contributed by atoms with Gasteiger partial charge in [-0.15, -0.1) is 0 Å². The van der Waals surface area contributed by atoms with Crippen molar-refractivity contribution in [3.8, 4) is 0 Å².